The van der Waals surface area contributed by atoms with Crippen LogP contribution in [0.5, 0.6) is 0 Å². The Morgan fingerprint density at radius 3 is 2.40 bits per heavy atom. The summed E-state index contributed by atoms with van der Waals surface area (Å²) in [7, 11) is 2.12. The van der Waals surface area contributed by atoms with Gasteiger partial charge in [0, 0.05) is 28.0 Å². The Morgan fingerprint density at radius 1 is 1.10 bits per heavy atom. The summed E-state index contributed by atoms with van der Waals surface area (Å²) >= 11 is 4.32. The maximum absolute atomic E-state index is 3.61. The Hall–Kier alpha value is -0.120. The Morgan fingerprint density at radius 2 is 1.75 bits per heavy atom. The zero-order valence-corrected chi connectivity index (χ0v) is 15.0. The summed E-state index contributed by atoms with van der Waals surface area (Å²) in [5, 5.41) is 5.06. The van der Waals surface area contributed by atoms with E-state index in [1.165, 1.54) is 40.2 Å². The summed E-state index contributed by atoms with van der Waals surface area (Å²) < 4.78 is 0. The van der Waals surface area contributed by atoms with Crippen LogP contribution < -0.4 is 5.32 Å². The molecule has 3 heteroatoms. The highest BCUT2D eigenvalue weighted by atomic mass is 32.2. The molecule has 1 heterocycles. The van der Waals surface area contributed by atoms with Gasteiger partial charge in [0.1, 0.15) is 0 Å². The molecular weight excluding hydrogens is 282 g/mol. The second kappa shape index (κ2) is 7.24. The second-order valence-corrected chi connectivity index (χ2v) is 8.35. The van der Waals surface area contributed by atoms with E-state index in [2.05, 4.69) is 75.7 Å². The van der Waals surface area contributed by atoms with Crippen LogP contribution in [0, 0.1) is 20.8 Å². The van der Waals surface area contributed by atoms with Crippen molar-refractivity contribution in [1.82, 2.24) is 5.32 Å². The average Bonchev–Trinajstić information content (AvgIpc) is 2.45. The number of hydrogen-bond donors (Lipinski definition) is 1. The van der Waals surface area contributed by atoms with E-state index in [0.717, 1.165) is 5.25 Å². The highest BCUT2D eigenvalue weighted by Gasteiger charge is 2.32. The second-order valence-electron chi connectivity index (χ2n) is 5.71. The first kappa shape index (κ1) is 16.3. The minimum absolute atomic E-state index is 0.469. The summed E-state index contributed by atoms with van der Waals surface area (Å²) in [6, 6.07) is 5.21. The fraction of sp³-hybridized carbons (Fsp3) is 0.647. The van der Waals surface area contributed by atoms with Gasteiger partial charge < -0.3 is 5.32 Å². The maximum atomic E-state index is 3.61. The van der Waals surface area contributed by atoms with Gasteiger partial charge in [-0.2, -0.15) is 23.5 Å². The van der Waals surface area contributed by atoms with E-state index in [1.807, 2.05) is 0 Å². The van der Waals surface area contributed by atoms with Gasteiger partial charge in [0.05, 0.1) is 0 Å². The summed E-state index contributed by atoms with van der Waals surface area (Å²) in [4.78, 5) is 0. The number of benzene rings is 1. The molecule has 1 aromatic rings. The van der Waals surface area contributed by atoms with Crippen LogP contribution in [-0.2, 0) is 0 Å². The van der Waals surface area contributed by atoms with Crippen LogP contribution in [0.15, 0.2) is 12.1 Å². The van der Waals surface area contributed by atoms with Gasteiger partial charge in [-0.1, -0.05) is 19.1 Å². The third-order valence-corrected chi connectivity index (χ3v) is 7.70. The number of rotatable bonds is 4. The Kier molecular flexibility index (Phi) is 5.88. The first-order valence-electron chi connectivity index (χ1n) is 7.56. The van der Waals surface area contributed by atoms with Crippen molar-refractivity contribution >= 4 is 23.5 Å². The molecular formula is C17H27NS2. The SMILES string of the molecule is CCC1SCCSC1C(NC)c1cc(C)c(C)cc1C. The minimum atomic E-state index is 0.469. The summed E-state index contributed by atoms with van der Waals surface area (Å²) in [5.74, 6) is 2.59. The molecule has 1 aromatic carbocycles. The van der Waals surface area contributed by atoms with Crippen LogP contribution in [0.1, 0.15) is 41.6 Å². The molecule has 112 valence electrons. The number of thioether (sulfide) groups is 2. The fourth-order valence-electron chi connectivity index (χ4n) is 3.06. The summed E-state index contributed by atoms with van der Waals surface area (Å²) in [6.07, 6.45) is 1.27. The fourth-order valence-corrected chi connectivity index (χ4v) is 6.34. The van der Waals surface area contributed by atoms with E-state index in [4.69, 9.17) is 0 Å². The monoisotopic (exact) mass is 309 g/mol. The van der Waals surface area contributed by atoms with Crippen molar-refractivity contribution in [2.45, 2.75) is 50.7 Å². The normalized spacial score (nSPS) is 24.6. The van der Waals surface area contributed by atoms with Crippen LogP contribution in [0.4, 0.5) is 0 Å². The van der Waals surface area contributed by atoms with Crippen molar-refractivity contribution in [3.63, 3.8) is 0 Å². The van der Waals surface area contributed by atoms with Gasteiger partial charge >= 0.3 is 0 Å². The molecule has 0 aliphatic carbocycles. The molecule has 0 saturated carbocycles. The summed E-state index contributed by atoms with van der Waals surface area (Å²) in [5.41, 5.74) is 5.73. The smallest absolute Gasteiger partial charge is 0.0451 e. The van der Waals surface area contributed by atoms with Gasteiger partial charge in [0.2, 0.25) is 0 Å². The van der Waals surface area contributed by atoms with E-state index >= 15 is 0 Å². The van der Waals surface area contributed by atoms with Crippen LogP contribution in [0.2, 0.25) is 0 Å². The standard InChI is InChI=1S/C17H27NS2/c1-6-15-17(20-8-7-19-15)16(18-5)14-10-12(3)11(2)9-13(14)4/h9-10,15-18H,6-8H2,1-5H3. The zero-order chi connectivity index (χ0) is 14.7. The third-order valence-electron chi connectivity index (χ3n) is 4.35. The van der Waals surface area contributed by atoms with Crippen LogP contribution in [0.25, 0.3) is 0 Å². The van der Waals surface area contributed by atoms with Crippen molar-refractivity contribution in [2.24, 2.45) is 0 Å². The quantitative estimate of drug-likeness (QED) is 0.879. The Labute approximate surface area is 132 Å². The van der Waals surface area contributed by atoms with Crippen molar-refractivity contribution in [1.29, 1.82) is 0 Å². The molecule has 20 heavy (non-hydrogen) atoms. The van der Waals surface area contributed by atoms with Gasteiger partial charge in [-0.05, 0) is 56.5 Å². The molecule has 0 amide bonds. The molecule has 0 spiro atoms. The molecule has 1 nitrogen and oxygen atoms in total. The first-order valence-corrected chi connectivity index (χ1v) is 9.66. The van der Waals surface area contributed by atoms with Gasteiger partial charge in [-0.15, -0.1) is 0 Å². The topological polar surface area (TPSA) is 12.0 Å². The predicted molar refractivity (Wildman–Crippen MR) is 95.2 cm³/mol. The van der Waals surface area contributed by atoms with E-state index in [1.54, 1.807) is 0 Å². The van der Waals surface area contributed by atoms with Crippen molar-refractivity contribution in [3.8, 4) is 0 Å². The third kappa shape index (κ3) is 3.37. The van der Waals surface area contributed by atoms with Gasteiger partial charge in [-0.25, -0.2) is 0 Å². The van der Waals surface area contributed by atoms with E-state index < -0.39 is 0 Å². The van der Waals surface area contributed by atoms with Crippen LogP contribution in [0.3, 0.4) is 0 Å². The maximum Gasteiger partial charge on any atom is 0.0451 e. The zero-order valence-electron chi connectivity index (χ0n) is 13.3. The lowest BCUT2D eigenvalue weighted by Gasteiger charge is -2.37. The molecule has 0 radical (unpaired) electrons. The highest BCUT2D eigenvalue weighted by molar-refractivity contribution is 8.07. The van der Waals surface area contributed by atoms with Crippen molar-refractivity contribution < 1.29 is 0 Å². The Bertz CT molecular complexity index is 459. The minimum Gasteiger partial charge on any atom is -0.312 e. The lowest BCUT2D eigenvalue weighted by Crippen LogP contribution is -2.37. The van der Waals surface area contributed by atoms with Gasteiger partial charge in [0.25, 0.3) is 0 Å². The molecule has 1 saturated heterocycles. The molecule has 0 aromatic heterocycles. The lowest BCUT2D eigenvalue weighted by molar-refractivity contribution is 0.541. The molecule has 0 bridgehead atoms. The predicted octanol–water partition coefficient (Wildman–Crippen LogP) is 4.50. The largest absolute Gasteiger partial charge is 0.312 e. The number of nitrogens with one attached hydrogen (secondary N) is 1. The van der Waals surface area contributed by atoms with Crippen LogP contribution >= 0.6 is 23.5 Å². The number of hydrogen-bond acceptors (Lipinski definition) is 3. The number of aryl methyl sites for hydroxylation is 3. The molecule has 1 aliphatic rings. The Balaban J connectivity index is 2.33. The van der Waals surface area contributed by atoms with Gasteiger partial charge in [-0.3, -0.25) is 0 Å². The lowest BCUT2D eigenvalue weighted by atomic mass is 9.92. The molecule has 2 rings (SSSR count). The van der Waals surface area contributed by atoms with E-state index in [0.29, 0.717) is 11.3 Å². The average molecular weight is 310 g/mol. The van der Waals surface area contributed by atoms with E-state index in [9.17, 15) is 0 Å². The van der Waals surface area contributed by atoms with Crippen LogP contribution in [-0.4, -0.2) is 29.1 Å². The molecule has 1 fully saturated rings. The van der Waals surface area contributed by atoms with E-state index in [-0.39, 0.29) is 0 Å². The molecule has 1 aliphatic heterocycles. The van der Waals surface area contributed by atoms with Crippen molar-refractivity contribution in [2.75, 3.05) is 18.6 Å². The molecule has 3 unspecified atom stereocenters. The highest BCUT2D eigenvalue weighted by Crippen LogP contribution is 2.41. The summed E-state index contributed by atoms with van der Waals surface area (Å²) in [6.45, 7) is 9.02. The van der Waals surface area contributed by atoms with Crippen molar-refractivity contribution in [3.05, 3.63) is 34.4 Å². The first-order chi connectivity index (χ1) is 9.58. The molecule has 3 atom stereocenters. The molecule has 1 N–H and O–H groups in total. The van der Waals surface area contributed by atoms with Gasteiger partial charge in [0.15, 0.2) is 0 Å².